The summed E-state index contributed by atoms with van der Waals surface area (Å²) in [6, 6.07) is 13.4. The Bertz CT molecular complexity index is 1000. The van der Waals surface area contributed by atoms with E-state index in [1.54, 1.807) is 38.6 Å². The van der Waals surface area contributed by atoms with E-state index in [9.17, 15) is 4.79 Å². The molecule has 0 bridgehead atoms. The first kappa shape index (κ1) is 17.8. The fourth-order valence-corrected chi connectivity index (χ4v) is 3.26. The number of benzene rings is 2. The molecule has 4 rings (SSSR count). The van der Waals surface area contributed by atoms with Crippen LogP contribution in [-0.4, -0.2) is 36.6 Å². The van der Waals surface area contributed by atoms with Crippen molar-refractivity contribution in [2.75, 3.05) is 31.0 Å². The Morgan fingerprint density at radius 2 is 1.86 bits per heavy atom. The molecule has 0 aliphatic carbocycles. The van der Waals surface area contributed by atoms with Crippen LogP contribution in [-0.2, 0) is 6.42 Å². The summed E-state index contributed by atoms with van der Waals surface area (Å²) in [6.07, 6.45) is 4.09. The van der Waals surface area contributed by atoms with E-state index in [-0.39, 0.29) is 11.6 Å². The molecule has 1 aromatic heterocycles. The van der Waals surface area contributed by atoms with Gasteiger partial charge in [0.1, 0.15) is 5.69 Å². The summed E-state index contributed by atoms with van der Waals surface area (Å²) in [4.78, 5) is 23.3. The highest BCUT2D eigenvalue weighted by atomic mass is 16.5. The fraction of sp³-hybridized carbons (Fsp3) is 0.190. The molecule has 0 fully saturated rings. The summed E-state index contributed by atoms with van der Waals surface area (Å²) in [5.41, 5.74) is 3.26. The molecule has 142 valence electrons. The van der Waals surface area contributed by atoms with E-state index in [0.717, 1.165) is 24.5 Å². The van der Waals surface area contributed by atoms with Gasteiger partial charge in [0, 0.05) is 24.0 Å². The summed E-state index contributed by atoms with van der Waals surface area (Å²) in [7, 11) is 3.11. The van der Waals surface area contributed by atoms with Crippen LogP contribution < -0.4 is 19.7 Å². The molecule has 1 amide bonds. The van der Waals surface area contributed by atoms with Gasteiger partial charge in [-0.1, -0.05) is 18.2 Å². The van der Waals surface area contributed by atoms with Crippen molar-refractivity contribution in [1.82, 2.24) is 9.97 Å². The van der Waals surface area contributed by atoms with E-state index in [1.807, 2.05) is 12.1 Å². The van der Waals surface area contributed by atoms with Crippen molar-refractivity contribution in [2.24, 2.45) is 0 Å². The predicted octanol–water partition coefficient (Wildman–Crippen LogP) is 3.44. The first-order chi connectivity index (χ1) is 13.7. The smallest absolute Gasteiger partial charge is 0.275 e. The second-order valence-electron chi connectivity index (χ2n) is 6.31. The Kier molecular flexibility index (Phi) is 4.80. The first-order valence-corrected chi connectivity index (χ1v) is 8.90. The molecule has 0 atom stereocenters. The van der Waals surface area contributed by atoms with Crippen LogP contribution in [0.4, 0.5) is 17.2 Å². The predicted molar refractivity (Wildman–Crippen MR) is 107 cm³/mol. The number of para-hydroxylation sites is 1. The number of fused-ring (bicyclic) bond motifs is 1. The van der Waals surface area contributed by atoms with Gasteiger partial charge in [-0.3, -0.25) is 4.79 Å². The molecule has 2 aromatic carbocycles. The third-order valence-corrected chi connectivity index (χ3v) is 4.68. The minimum absolute atomic E-state index is 0.242. The van der Waals surface area contributed by atoms with Crippen molar-refractivity contribution >= 4 is 23.1 Å². The monoisotopic (exact) mass is 376 g/mol. The van der Waals surface area contributed by atoms with Crippen molar-refractivity contribution in [3.05, 3.63) is 66.1 Å². The van der Waals surface area contributed by atoms with Crippen LogP contribution in [0.25, 0.3) is 0 Å². The number of ether oxygens (including phenoxy) is 2. The molecule has 0 saturated carbocycles. The number of anilines is 3. The van der Waals surface area contributed by atoms with Crippen molar-refractivity contribution in [2.45, 2.75) is 6.42 Å². The third-order valence-electron chi connectivity index (χ3n) is 4.68. The molecule has 0 saturated heterocycles. The van der Waals surface area contributed by atoms with Gasteiger partial charge in [-0.15, -0.1) is 0 Å². The second-order valence-corrected chi connectivity index (χ2v) is 6.31. The van der Waals surface area contributed by atoms with E-state index < -0.39 is 0 Å². The van der Waals surface area contributed by atoms with Crippen LogP contribution in [0.5, 0.6) is 11.5 Å². The fourth-order valence-electron chi connectivity index (χ4n) is 3.26. The highest BCUT2D eigenvalue weighted by Crippen LogP contribution is 2.33. The van der Waals surface area contributed by atoms with Crippen molar-refractivity contribution in [3.63, 3.8) is 0 Å². The minimum Gasteiger partial charge on any atom is -0.493 e. The average molecular weight is 376 g/mol. The number of hydrogen-bond acceptors (Lipinski definition) is 6. The van der Waals surface area contributed by atoms with Gasteiger partial charge in [0.15, 0.2) is 17.3 Å². The summed E-state index contributed by atoms with van der Waals surface area (Å²) in [5, 5.41) is 2.80. The minimum atomic E-state index is -0.340. The van der Waals surface area contributed by atoms with Gasteiger partial charge in [-0.05, 0) is 30.2 Å². The second kappa shape index (κ2) is 7.56. The highest BCUT2D eigenvalue weighted by Gasteiger charge is 2.21. The van der Waals surface area contributed by atoms with Crippen LogP contribution in [0.1, 0.15) is 16.1 Å². The molecule has 1 N–H and O–H groups in total. The van der Waals surface area contributed by atoms with Gasteiger partial charge >= 0.3 is 0 Å². The topological polar surface area (TPSA) is 76.6 Å². The van der Waals surface area contributed by atoms with E-state index in [2.05, 4.69) is 32.3 Å². The Balaban J connectivity index is 1.49. The largest absolute Gasteiger partial charge is 0.493 e. The molecule has 0 spiro atoms. The Morgan fingerprint density at radius 1 is 1.04 bits per heavy atom. The number of amides is 1. The third kappa shape index (κ3) is 3.34. The lowest BCUT2D eigenvalue weighted by Crippen LogP contribution is -2.18. The first-order valence-electron chi connectivity index (χ1n) is 8.90. The number of nitrogens with zero attached hydrogens (tertiary/aromatic N) is 3. The van der Waals surface area contributed by atoms with Crippen LogP contribution in [0.15, 0.2) is 54.9 Å². The Labute approximate surface area is 163 Å². The van der Waals surface area contributed by atoms with Crippen LogP contribution >= 0.6 is 0 Å². The molecular formula is C21H20N4O3. The molecule has 2 heterocycles. The molecule has 1 aliphatic heterocycles. The number of methoxy groups -OCH3 is 2. The molecule has 7 nitrogen and oxygen atoms in total. The summed E-state index contributed by atoms with van der Waals surface area (Å²) in [5.74, 6) is 1.52. The van der Waals surface area contributed by atoms with E-state index >= 15 is 0 Å². The number of rotatable bonds is 5. The molecule has 28 heavy (non-hydrogen) atoms. The molecule has 0 radical (unpaired) electrons. The van der Waals surface area contributed by atoms with E-state index in [0.29, 0.717) is 17.2 Å². The van der Waals surface area contributed by atoms with Crippen LogP contribution in [0.2, 0.25) is 0 Å². The molecule has 0 unspecified atom stereocenters. The SMILES string of the molecule is COc1ccc(NC(=O)c2cnc(N3CCc4ccccc43)cn2)cc1OC. The zero-order valence-corrected chi connectivity index (χ0v) is 15.7. The van der Waals surface area contributed by atoms with Gasteiger partial charge in [0.2, 0.25) is 0 Å². The Morgan fingerprint density at radius 3 is 2.61 bits per heavy atom. The highest BCUT2D eigenvalue weighted by molar-refractivity contribution is 6.02. The lowest BCUT2D eigenvalue weighted by Gasteiger charge is -2.17. The van der Waals surface area contributed by atoms with E-state index in [1.165, 1.54) is 11.8 Å². The van der Waals surface area contributed by atoms with Crippen LogP contribution in [0, 0.1) is 0 Å². The average Bonchev–Trinajstić information content (AvgIpc) is 3.18. The van der Waals surface area contributed by atoms with Crippen molar-refractivity contribution < 1.29 is 14.3 Å². The maximum absolute atomic E-state index is 12.5. The normalized spacial score (nSPS) is 12.4. The summed E-state index contributed by atoms with van der Waals surface area (Å²) in [6.45, 7) is 0.852. The maximum atomic E-state index is 12.5. The zero-order valence-electron chi connectivity index (χ0n) is 15.7. The molecular weight excluding hydrogens is 356 g/mol. The number of hydrogen-bond donors (Lipinski definition) is 1. The zero-order chi connectivity index (χ0) is 19.5. The number of carbonyl (C=O) groups is 1. The summed E-state index contributed by atoms with van der Waals surface area (Å²) < 4.78 is 10.5. The summed E-state index contributed by atoms with van der Waals surface area (Å²) >= 11 is 0. The number of aromatic nitrogens is 2. The Hall–Kier alpha value is -3.61. The van der Waals surface area contributed by atoms with Crippen molar-refractivity contribution in [1.29, 1.82) is 0 Å². The molecule has 7 heteroatoms. The van der Waals surface area contributed by atoms with Crippen molar-refractivity contribution in [3.8, 4) is 11.5 Å². The lowest BCUT2D eigenvalue weighted by atomic mass is 10.2. The maximum Gasteiger partial charge on any atom is 0.275 e. The number of carbonyl (C=O) groups excluding carboxylic acids is 1. The van der Waals surface area contributed by atoms with Gasteiger partial charge in [-0.2, -0.15) is 0 Å². The molecule has 3 aromatic rings. The van der Waals surface area contributed by atoms with Gasteiger partial charge in [0.05, 0.1) is 26.6 Å². The quantitative estimate of drug-likeness (QED) is 0.735. The molecule has 1 aliphatic rings. The lowest BCUT2D eigenvalue weighted by molar-refractivity contribution is 0.102. The van der Waals surface area contributed by atoms with Gasteiger partial charge in [0.25, 0.3) is 5.91 Å². The van der Waals surface area contributed by atoms with Gasteiger partial charge < -0.3 is 19.7 Å². The van der Waals surface area contributed by atoms with E-state index in [4.69, 9.17) is 9.47 Å². The van der Waals surface area contributed by atoms with Crippen LogP contribution in [0.3, 0.4) is 0 Å². The standard InChI is InChI=1S/C21H20N4O3/c1-27-18-8-7-15(11-19(18)28-2)24-21(26)16-12-23-20(13-22-16)25-10-9-14-5-3-4-6-17(14)25/h3-8,11-13H,9-10H2,1-2H3,(H,24,26). The number of nitrogens with one attached hydrogen (secondary N) is 1. The van der Waals surface area contributed by atoms with Gasteiger partial charge in [-0.25, -0.2) is 9.97 Å².